The molecule has 1 fully saturated rings. The molecule has 0 saturated carbocycles. The first kappa shape index (κ1) is 18.9. The molecule has 1 amide bonds. The Morgan fingerprint density at radius 3 is 2.62 bits per heavy atom. The lowest BCUT2D eigenvalue weighted by Gasteiger charge is -2.31. The van der Waals surface area contributed by atoms with E-state index < -0.39 is 0 Å². The molecule has 0 aromatic carbocycles. The number of aromatic nitrogens is 2. The number of carbonyl (C=O) groups excluding carboxylic acids is 2. The van der Waals surface area contributed by atoms with E-state index in [0.29, 0.717) is 44.7 Å². The number of carbonyl (C=O) groups is 2. The number of esters is 1. The van der Waals surface area contributed by atoms with Crippen molar-refractivity contribution in [1.82, 2.24) is 14.3 Å². The van der Waals surface area contributed by atoms with E-state index in [1.165, 1.54) is 0 Å². The first-order valence-electron chi connectivity index (χ1n) is 9.09. The van der Waals surface area contributed by atoms with Crippen LogP contribution in [0.5, 0.6) is 0 Å². The van der Waals surface area contributed by atoms with E-state index in [2.05, 4.69) is 20.9 Å². The second-order valence-corrected chi connectivity index (χ2v) is 7.49. The van der Waals surface area contributed by atoms with Gasteiger partial charge < -0.3 is 9.64 Å². The van der Waals surface area contributed by atoms with Crippen molar-refractivity contribution in [2.45, 2.75) is 40.0 Å². The molecule has 2 aromatic heterocycles. The fourth-order valence-electron chi connectivity index (χ4n) is 3.48. The molecule has 1 aliphatic rings. The van der Waals surface area contributed by atoms with Crippen molar-refractivity contribution in [1.29, 1.82) is 0 Å². The quantitative estimate of drug-likeness (QED) is 0.709. The van der Waals surface area contributed by atoms with Gasteiger partial charge in [0.25, 0.3) is 5.91 Å². The zero-order valence-corrected chi connectivity index (χ0v) is 17.0. The molecule has 140 valence electrons. The minimum atomic E-state index is -0.150. The lowest BCUT2D eigenvalue weighted by atomic mass is 9.96. The predicted octanol–water partition coefficient (Wildman–Crippen LogP) is 3.38. The number of nitrogens with zero attached hydrogens (tertiary/aromatic N) is 3. The number of halogens is 1. The standard InChI is InChI=1S/C19H24BrN3O3/c1-4-15-16(23-11-12(3)10-14(20)17(23)21-15)18(24)22-8-6-13(7-9-22)19(25)26-5-2/h10-11,13H,4-9H2,1-3H3. The van der Waals surface area contributed by atoms with E-state index in [-0.39, 0.29) is 17.8 Å². The summed E-state index contributed by atoms with van der Waals surface area (Å²) < 4.78 is 7.88. The Morgan fingerprint density at radius 1 is 1.31 bits per heavy atom. The number of ether oxygens (including phenoxy) is 1. The van der Waals surface area contributed by atoms with Crippen molar-refractivity contribution in [2.75, 3.05) is 19.7 Å². The molecule has 3 rings (SSSR count). The molecular formula is C19H24BrN3O3. The van der Waals surface area contributed by atoms with Crippen molar-refractivity contribution in [3.05, 3.63) is 33.7 Å². The van der Waals surface area contributed by atoms with Gasteiger partial charge in [0.2, 0.25) is 0 Å². The molecule has 2 aromatic rings. The van der Waals surface area contributed by atoms with Crippen LogP contribution in [0.2, 0.25) is 0 Å². The second kappa shape index (κ2) is 7.78. The van der Waals surface area contributed by atoms with Gasteiger partial charge in [0, 0.05) is 19.3 Å². The van der Waals surface area contributed by atoms with Crippen molar-refractivity contribution < 1.29 is 14.3 Å². The van der Waals surface area contributed by atoms with Gasteiger partial charge in [-0.3, -0.25) is 14.0 Å². The SMILES string of the molecule is CCOC(=O)C1CCN(C(=O)c2c(CC)nc3c(Br)cc(C)cn23)CC1. The van der Waals surface area contributed by atoms with Crippen molar-refractivity contribution in [3.8, 4) is 0 Å². The van der Waals surface area contributed by atoms with E-state index in [1.807, 2.05) is 42.3 Å². The van der Waals surface area contributed by atoms with Crippen molar-refractivity contribution >= 4 is 33.5 Å². The summed E-state index contributed by atoms with van der Waals surface area (Å²) >= 11 is 3.55. The van der Waals surface area contributed by atoms with E-state index in [9.17, 15) is 9.59 Å². The van der Waals surface area contributed by atoms with Crippen LogP contribution < -0.4 is 0 Å². The van der Waals surface area contributed by atoms with Crippen LogP contribution in [0.3, 0.4) is 0 Å². The van der Waals surface area contributed by atoms with Gasteiger partial charge in [0.15, 0.2) is 5.65 Å². The molecule has 6 nitrogen and oxygen atoms in total. The molecule has 0 unspecified atom stereocenters. The van der Waals surface area contributed by atoms with E-state index in [4.69, 9.17) is 4.74 Å². The first-order chi connectivity index (χ1) is 12.5. The first-order valence-corrected chi connectivity index (χ1v) is 9.88. The molecule has 0 bridgehead atoms. The van der Waals surface area contributed by atoms with Crippen LogP contribution in [-0.2, 0) is 16.0 Å². The van der Waals surface area contributed by atoms with Crippen molar-refractivity contribution in [2.24, 2.45) is 5.92 Å². The van der Waals surface area contributed by atoms with Gasteiger partial charge in [-0.15, -0.1) is 0 Å². The lowest BCUT2D eigenvalue weighted by molar-refractivity contribution is -0.149. The smallest absolute Gasteiger partial charge is 0.309 e. The van der Waals surface area contributed by atoms with Gasteiger partial charge >= 0.3 is 5.97 Å². The van der Waals surface area contributed by atoms with Gasteiger partial charge in [-0.25, -0.2) is 4.98 Å². The highest BCUT2D eigenvalue weighted by atomic mass is 79.9. The van der Waals surface area contributed by atoms with Crippen LogP contribution in [0.25, 0.3) is 5.65 Å². The number of fused-ring (bicyclic) bond motifs is 1. The number of rotatable bonds is 4. The zero-order chi connectivity index (χ0) is 18.8. The van der Waals surface area contributed by atoms with Crippen LogP contribution in [0, 0.1) is 12.8 Å². The molecule has 0 N–H and O–H groups in total. The Bertz CT molecular complexity index is 838. The second-order valence-electron chi connectivity index (χ2n) is 6.64. The molecular weight excluding hydrogens is 398 g/mol. The summed E-state index contributed by atoms with van der Waals surface area (Å²) in [7, 11) is 0. The largest absolute Gasteiger partial charge is 0.466 e. The minimum Gasteiger partial charge on any atom is -0.466 e. The fourth-order valence-corrected chi connectivity index (χ4v) is 4.12. The highest BCUT2D eigenvalue weighted by molar-refractivity contribution is 9.10. The zero-order valence-electron chi connectivity index (χ0n) is 15.4. The summed E-state index contributed by atoms with van der Waals surface area (Å²) in [6, 6.07) is 2.00. The normalized spacial score (nSPS) is 15.5. The Labute approximate surface area is 161 Å². The average Bonchev–Trinajstić information content (AvgIpc) is 3.00. The number of hydrogen-bond donors (Lipinski definition) is 0. The number of pyridine rings is 1. The summed E-state index contributed by atoms with van der Waals surface area (Å²) in [5.74, 6) is -0.277. The Kier molecular flexibility index (Phi) is 5.65. The summed E-state index contributed by atoms with van der Waals surface area (Å²) in [6.07, 6.45) is 3.93. The highest BCUT2D eigenvalue weighted by Crippen LogP contribution is 2.26. The summed E-state index contributed by atoms with van der Waals surface area (Å²) in [6.45, 7) is 7.33. The highest BCUT2D eigenvalue weighted by Gasteiger charge is 2.31. The molecule has 1 saturated heterocycles. The van der Waals surface area contributed by atoms with E-state index >= 15 is 0 Å². The van der Waals surface area contributed by atoms with Gasteiger partial charge in [-0.2, -0.15) is 0 Å². The van der Waals surface area contributed by atoms with Crippen LogP contribution >= 0.6 is 15.9 Å². The molecule has 1 aliphatic heterocycles. The van der Waals surface area contributed by atoms with Gasteiger partial charge in [-0.05, 0) is 60.7 Å². The molecule has 0 spiro atoms. The van der Waals surface area contributed by atoms with Gasteiger partial charge in [0.05, 0.1) is 22.7 Å². The van der Waals surface area contributed by atoms with E-state index in [0.717, 1.165) is 21.4 Å². The number of hydrogen-bond acceptors (Lipinski definition) is 4. The van der Waals surface area contributed by atoms with Crippen LogP contribution in [0.15, 0.2) is 16.7 Å². The third-order valence-electron chi connectivity index (χ3n) is 4.82. The molecule has 0 atom stereocenters. The monoisotopic (exact) mass is 421 g/mol. The van der Waals surface area contributed by atoms with Crippen LogP contribution in [0.4, 0.5) is 0 Å². The van der Waals surface area contributed by atoms with E-state index in [1.54, 1.807) is 0 Å². The molecule has 3 heterocycles. The third kappa shape index (κ3) is 3.49. The Morgan fingerprint density at radius 2 is 2.00 bits per heavy atom. The lowest BCUT2D eigenvalue weighted by Crippen LogP contribution is -2.41. The summed E-state index contributed by atoms with van der Waals surface area (Å²) in [5.41, 5.74) is 3.24. The number of amides is 1. The predicted molar refractivity (Wildman–Crippen MR) is 102 cm³/mol. The summed E-state index contributed by atoms with van der Waals surface area (Å²) in [4.78, 5) is 31.6. The fraction of sp³-hybridized carbons (Fsp3) is 0.526. The maximum Gasteiger partial charge on any atom is 0.309 e. The molecule has 0 aliphatic carbocycles. The maximum atomic E-state index is 13.2. The number of aryl methyl sites for hydroxylation is 2. The number of imidazole rings is 1. The van der Waals surface area contributed by atoms with Crippen LogP contribution in [0.1, 0.15) is 48.4 Å². The van der Waals surface area contributed by atoms with Crippen molar-refractivity contribution in [3.63, 3.8) is 0 Å². The Balaban J connectivity index is 1.86. The van der Waals surface area contributed by atoms with Gasteiger partial charge in [-0.1, -0.05) is 6.92 Å². The molecule has 0 radical (unpaired) electrons. The number of likely N-dealkylation sites (tertiary alicyclic amines) is 1. The summed E-state index contributed by atoms with van der Waals surface area (Å²) in [5, 5.41) is 0. The van der Waals surface area contributed by atoms with Crippen LogP contribution in [-0.4, -0.2) is 45.9 Å². The third-order valence-corrected chi connectivity index (χ3v) is 5.41. The molecule has 26 heavy (non-hydrogen) atoms. The topological polar surface area (TPSA) is 63.9 Å². The average molecular weight is 422 g/mol. The van der Waals surface area contributed by atoms with Gasteiger partial charge in [0.1, 0.15) is 5.69 Å². The Hall–Kier alpha value is -1.89. The number of piperidine rings is 1. The molecule has 7 heteroatoms. The maximum absolute atomic E-state index is 13.2. The minimum absolute atomic E-state index is 0.0193.